The second kappa shape index (κ2) is 7.12. The van der Waals surface area contributed by atoms with Gasteiger partial charge in [-0.1, -0.05) is 25.3 Å². The van der Waals surface area contributed by atoms with Gasteiger partial charge in [-0.25, -0.2) is 4.79 Å². The molecule has 1 atom stereocenters. The first kappa shape index (κ1) is 15.3. The van der Waals surface area contributed by atoms with Crippen molar-refractivity contribution in [3.05, 3.63) is 30.1 Å². The van der Waals surface area contributed by atoms with E-state index in [1.165, 1.54) is 44.9 Å². The van der Waals surface area contributed by atoms with Gasteiger partial charge in [0.2, 0.25) is 0 Å². The number of nitrogens with zero attached hydrogens (tertiary/aromatic N) is 2. The van der Waals surface area contributed by atoms with E-state index in [0.29, 0.717) is 11.8 Å². The molecule has 1 N–H and O–H groups in total. The van der Waals surface area contributed by atoms with Crippen LogP contribution >= 0.6 is 0 Å². The van der Waals surface area contributed by atoms with Gasteiger partial charge in [-0.2, -0.15) is 0 Å². The lowest BCUT2D eigenvalue weighted by molar-refractivity contribution is 0.175. The van der Waals surface area contributed by atoms with Crippen molar-refractivity contribution in [2.75, 3.05) is 13.6 Å². The van der Waals surface area contributed by atoms with Crippen LogP contribution in [0.2, 0.25) is 0 Å². The molecule has 120 valence electrons. The van der Waals surface area contributed by atoms with Gasteiger partial charge in [0.25, 0.3) is 0 Å². The molecule has 1 aromatic heterocycles. The molecule has 4 heteroatoms. The zero-order chi connectivity index (χ0) is 15.4. The molecule has 2 amide bonds. The van der Waals surface area contributed by atoms with Crippen LogP contribution in [0, 0.1) is 11.8 Å². The van der Waals surface area contributed by atoms with E-state index in [0.717, 1.165) is 12.2 Å². The number of carbonyl (C=O) groups excluding carboxylic acids is 1. The summed E-state index contributed by atoms with van der Waals surface area (Å²) in [7, 11) is 1.91. The van der Waals surface area contributed by atoms with Crippen LogP contribution in [0.15, 0.2) is 24.4 Å². The number of hydrogen-bond acceptors (Lipinski definition) is 2. The van der Waals surface area contributed by atoms with Crippen molar-refractivity contribution in [2.24, 2.45) is 11.8 Å². The topological polar surface area (TPSA) is 45.2 Å². The Hall–Kier alpha value is -1.58. The van der Waals surface area contributed by atoms with Crippen molar-refractivity contribution in [1.82, 2.24) is 15.2 Å². The molecular formula is C18H27N3O. The molecule has 0 spiro atoms. The molecular weight excluding hydrogens is 274 g/mol. The third-order valence-corrected chi connectivity index (χ3v) is 5.26. The second-order valence-electron chi connectivity index (χ2n) is 6.90. The first-order valence-electron chi connectivity index (χ1n) is 8.66. The van der Waals surface area contributed by atoms with Gasteiger partial charge in [0.1, 0.15) is 0 Å². The molecule has 2 aliphatic carbocycles. The average Bonchev–Trinajstić information content (AvgIpc) is 3.03. The van der Waals surface area contributed by atoms with Crippen molar-refractivity contribution in [3.8, 4) is 0 Å². The maximum atomic E-state index is 12.5. The largest absolute Gasteiger partial charge is 0.329 e. The second-order valence-corrected chi connectivity index (χ2v) is 6.90. The summed E-state index contributed by atoms with van der Waals surface area (Å²) in [6, 6.07) is 6.08. The van der Waals surface area contributed by atoms with Gasteiger partial charge >= 0.3 is 6.03 Å². The Bertz CT molecular complexity index is 480. The Labute approximate surface area is 133 Å². The monoisotopic (exact) mass is 301 g/mol. The van der Waals surface area contributed by atoms with Crippen molar-refractivity contribution in [2.45, 2.75) is 51.0 Å². The van der Waals surface area contributed by atoms with Crippen molar-refractivity contribution in [1.29, 1.82) is 0 Å². The molecule has 0 radical (unpaired) electrons. The Morgan fingerprint density at radius 2 is 2.05 bits per heavy atom. The van der Waals surface area contributed by atoms with Gasteiger partial charge in [0.05, 0.1) is 11.7 Å². The minimum Gasteiger partial charge on any atom is -0.329 e. The summed E-state index contributed by atoms with van der Waals surface area (Å²) in [4.78, 5) is 18.9. The predicted octanol–water partition coefficient (Wildman–Crippen LogP) is 3.75. The number of carbonyl (C=O) groups is 1. The molecule has 22 heavy (non-hydrogen) atoms. The van der Waals surface area contributed by atoms with Crippen molar-refractivity contribution >= 4 is 6.03 Å². The van der Waals surface area contributed by atoms with Gasteiger partial charge in [0.15, 0.2) is 0 Å². The first-order valence-corrected chi connectivity index (χ1v) is 8.66. The lowest BCUT2D eigenvalue weighted by Crippen LogP contribution is -2.44. The molecule has 2 aliphatic rings. The summed E-state index contributed by atoms with van der Waals surface area (Å²) in [5.74, 6) is 1.23. The molecule has 0 unspecified atom stereocenters. The number of rotatable bonds is 5. The van der Waals surface area contributed by atoms with E-state index in [1.54, 1.807) is 0 Å². The van der Waals surface area contributed by atoms with Crippen molar-refractivity contribution in [3.63, 3.8) is 0 Å². The van der Waals surface area contributed by atoms with Gasteiger partial charge < -0.3 is 10.2 Å². The molecule has 1 heterocycles. The zero-order valence-corrected chi connectivity index (χ0v) is 13.5. The summed E-state index contributed by atoms with van der Waals surface area (Å²) in [6.45, 7) is 0.880. The van der Waals surface area contributed by atoms with E-state index in [9.17, 15) is 4.79 Å². The lowest BCUT2D eigenvalue weighted by Gasteiger charge is -2.32. The van der Waals surface area contributed by atoms with Crippen LogP contribution in [-0.2, 0) is 0 Å². The molecule has 2 fully saturated rings. The van der Waals surface area contributed by atoms with E-state index >= 15 is 0 Å². The molecule has 4 nitrogen and oxygen atoms in total. The minimum absolute atomic E-state index is 0.0504. The molecule has 0 saturated heterocycles. The Morgan fingerprint density at radius 3 is 2.64 bits per heavy atom. The number of hydrogen-bond donors (Lipinski definition) is 1. The summed E-state index contributed by atoms with van der Waals surface area (Å²) in [6.07, 6.45) is 10.6. The highest BCUT2D eigenvalue weighted by molar-refractivity contribution is 5.74. The van der Waals surface area contributed by atoms with Gasteiger partial charge in [-0.05, 0) is 49.7 Å². The van der Waals surface area contributed by atoms with E-state index in [-0.39, 0.29) is 12.1 Å². The molecule has 0 bridgehead atoms. The van der Waals surface area contributed by atoms with E-state index in [2.05, 4.69) is 10.3 Å². The van der Waals surface area contributed by atoms with Crippen LogP contribution in [0.1, 0.15) is 56.7 Å². The maximum Gasteiger partial charge on any atom is 0.317 e. The predicted molar refractivity (Wildman–Crippen MR) is 87.4 cm³/mol. The Balaban J connectivity index is 1.65. The third kappa shape index (κ3) is 3.60. The number of amides is 2. The standard InChI is InChI=1S/C18H27N3O/c1-21(13-14-7-6-8-14)18(22)20-17(15-9-2-3-10-15)16-11-4-5-12-19-16/h4-5,11-12,14-15,17H,2-3,6-10,13H2,1H3,(H,20,22)/t17-/m0/s1. The van der Waals surface area contributed by atoms with Crippen LogP contribution in [0.4, 0.5) is 4.79 Å². The van der Waals surface area contributed by atoms with Gasteiger partial charge in [-0.15, -0.1) is 0 Å². The molecule has 1 aromatic rings. The molecule has 0 aliphatic heterocycles. The fourth-order valence-corrected chi connectivity index (χ4v) is 3.67. The highest BCUT2D eigenvalue weighted by Crippen LogP contribution is 2.35. The number of pyridine rings is 1. The molecule has 2 saturated carbocycles. The summed E-state index contributed by atoms with van der Waals surface area (Å²) in [5, 5.41) is 3.25. The number of nitrogens with one attached hydrogen (secondary N) is 1. The van der Waals surface area contributed by atoms with Crippen LogP contribution < -0.4 is 5.32 Å². The molecule has 3 rings (SSSR count). The smallest absolute Gasteiger partial charge is 0.317 e. The quantitative estimate of drug-likeness (QED) is 0.900. The van der Waals surface area contributed by atoms with Crippen LogP contribution in [0.3, 0.4) is 0 Å². The van der Waals surface area contributed by atoms with E-state index < -0.39 is 0 Å². The Kier molecular flexibility index (Phi) is 4.96. The summed E-state index contributed by atoms with van der Waals surface area (Å²) >= 11 is 0. The number of aromatic nitrogens is 1. The SMILES string of the molecule is CN(CC1CCC1)C(=O)N[C@H](c1ccccn1)C1CCCC1. The van der Waals surface area contributed by atoms with Crippen LogP contribution in [0.25, 0.3) is 0 Å². The minimum atomic E-state index is 0.0504. The highest BCUT2D eigenvalue weighted by Gasteiger charge is 2.30. The lowest BCUT2D eigenvalue weighted by atomic mass is 9.85. The highest BCUT2D eigenvalue weighted by atomic mass is 16.2. The molecule has 0 aromatic carbocycles. The first-order chi connectivity index (χ1) is 10.7. The van der Waals surface area contributed by atoms with Gasteiger partial charge in [-0.3, -0.25) is 4.98 Å². The van der Waals surface area contributed by atoms with E-state index in [4.69, 9.17) is 0 Å². The van der Waals surface area contributed by atoms with Crippen molar-refractivity contribution < 1.29 is 4.79 Å². The average molecular weight is 301 g/mol. The normalized spacial score (nSPS) is 20.4. The third-order valence-electron chi connectivity index (χ3n) is 5.26. The van der Waals surface area contributed by atoms with Crippen LogP contribution in [-0.4, -0.2) is 29.5 Å². The van der Waals surface area contributed by atoms with E-state index in [1.807, 2.05) is 36.3 Å². The maximum absolute atomic E-state index is 12.5. The fourth-order valence-electron chi connectivity index (χ4n) is 3.67. The van der Waals surface area contributed by atoms with Crippen LogP contribution in [0.5, 0.6) is 0 Å². The summed E-state index contributed by atoms with van der Waals surface area (Å²) in [5.41, 5.74) is 1.000. The Morgan fingerprint density at radius 1 is 1.27 bits per heavy atom. The number of urea groups is 1. The van der Waals surface area contributed by atoms with Gasteiger partial charge in [0, 0.05) is 19.8 Å². The zero-order valence-electron chi connectivity index (χ0n) is 13.5. The fraction of sp³-hybridized carbons (Fsp3) is 0.667. The summed E-state index contributed by atoms with van der Waals surface area (Å²) < 4.78 is 0.